The molecule has 2 N–H and O–H groups in total. The van der Waals surface area contributed by atoms with Gasteiger partial charge in [0.05, 0.1) is 11.8 Å². The summed E-state index contributed by atoms with van der Waals surface area (Å²) in [6, 6.07) is 2.38. The fourth-order valence-corrected chi connectivity index (χ4v) is 2.84. The zero-order chi connectivity index (χ0) is 18.7. The summed E-state index contributed by atoms with van der Waals surface area (Å²) in [6.45, 7) is 1.23. The number of aromatic nitrogens is 3. The van der Waals surface area contributed by atoms with Gasteiger partial charge in [-0.1, -0.05) is 0 Å². The van der Waals surface area contributed by atoms with E-state index in [-0.39, 0.29) is 11.9 Å². The van der Waals surface area contributed by atoms with Crippen molar-refractivity contribution in [1.82, 2.24) is 15.0 Å². The lowest BCUT2D eigenvalue weighted by atomic mass is 10.1. The summed E-state index contributed by atoms with van der Waals surface area (Å²) < 4.78 is 51.4. The van der Waals surface area contributed by atoms with Gasteiger partial charge in [-0.15, -0.1) is 0 Å². The fraction of sp³-hybridized carbons (Fsp3) is 0.438. The second-order valence-electron chi connectivity index (χ2n) is 5.97. The second-order valence-corrected chi connectivity index (χ2v) is 5.97. The molecule has 1 saturated heterocycles. The Kier molecular flexibility index (Phi) is 5.10. The molecule has 26 heavy (non-hydrogen) atoms. The molecule has 0 amide bonds. The van der Waals surface area contributed by atoms with Crippen LogP contribution < -0.4 is 15.5 Å². The predicted molar refractivity (Wildman–Crippen MR) is 89.6 cm³/mol. The van der Waals surface area contributed by atoms with Crippen molar-refractivity contribution in [3.8, 4) is 0 Å². The van der Waals surface area contributed by atoms with Crippen LogP contribution in [-0.4, -0.2) is 41.1 Å². The van der Waals surface area contributed by atoms with E-state index in [1.807, 2.05) is 4.90 Å². The van der Waals surface area contributed by atoms with Crippen molar-refractivity contribution in [2.24, 2.45) is 0 Å². The van der Waals surface area contributed by atoms with E-state index in [1.165, 1.54) is 6.07 Å². The molecule has 1 atom stereocenters. The third-order valence-electron chi connectivity index (χ3n) is 4.13. The number of rotatable bonds is 4. The number of halogens is 4. The van der Waals surface area contributed by atoms with Crippen LogP contribution in [0.25, 0.3) is 0 Å². The van der Waals surface area contributed by atoms with Crippen LogP contribution in [0, 0.1) is 5.82 Å². The molecule has 2 aromatic rings. The Morgan fingerprint density at radius 2 is 2.00 bits per heavy atom. The molecule has 2 aromatic heterocycles. The first kappa shape index (κ1) is 18.2. The lowest BCUT2D eigenvalue weighted by Crippen LogP contribution is -2.42. The third kappa shape index (κ3) is 4.12. The lowest BCUT2D eigenvalue weighted by molar-refractivity contribution is -0.137. The highest BCUT2D eigenvalue weighted by Crippen LogP contribution is 2.30. The third-order valence-corrected chi connectivity index (χ3v) is 4.13. The Morgan fingerprint density at radius 3 is 2.65 bits per heavy atom. The van der Waals surface area contributed by atoms with E-state index in [9.17, 15) is 17.6 Å². The molecular formula is C16H18F4N6. The molecule has 0 aliphatic carbocycles. The number of nitrogens with zero attached hydrogens (tertiary/aromatic N) is 4. The fourth-order valence-electron chi connectivity index (χ4n) is 2.84. The van der Waals surface area contributed by atoms with Crippen molar-refractivity contribution < 1.29 is 17.6 Å². The van der Waals surface area contributed by atoms with Crippen molar-refractivity contribution in [2.75, 3.05) is 35.7 Å². The highest BCUT2D eigenvalue weighted by Gasteiger charge is 2.31. The van der Waals surface area contributed by atoms with E-state index in [0.717, 1.165) is 31.3 Å². The van der Waals surface area contributed by atoms with Crippen LogP contribution >= 0.6 is 0 Å². The Morgan fingerprint density at radius 1 is 1.19 bits per heavy atom. The standard InChI is InChI=1S/C16H18F4N6/c1-21-14-12(17)8-23-15(25-14)24-11-3-2-6-26(9-11)13-5-4-10(7-22-13)16(18,19)20/h4-5,7-8,11H,2-3,6,9H2,1H3,(H2,21,23,24,25). The summed E-state index contributed by atoms with van der Waals surface area (Å²) >= 11 is 0. The molecule has 0 saturated carbocycles. The zero-order valence-electron chi connectivity index (χ0n) is 14.0. The van der Waals surface area contributed by atoms with Crippen molar-refractivity contribution >= 4 is 17.6 Å². The van der Waals surface area contributed by atoms with Crippen LogP contribution in [0.2, 0.25) is 0 Å². The van der Waals surface area contributed by atoms with Crippen LogP contribution in [0.4, 0.5) is 35.1 Å². The quantitative estimate of drug-likeness (QED) is 0.806. The number of hydrogen-bond acceptors (Lipinski definition) is 6. The van der Waals surface area contributed by atoms with Gasteiger partial charge in [0.15, 0.2) is 11.6 Å². The Bertz CT molecular complexity index is 749. The van der Waals surface area contributed by atoms with Crippen LogP contribution in [0.5, 0.6) is 0 Å². The lowest BCUT2D eigenvalue weighted by Gasteiger charge is -2.34. The van der Waals surface area contributed by atoms with Gasteiger partial charge in [0.1, 0.15) is 5.82 Å². The number of nitrogens with one attached hydrogen (secondary N) is 2. The average molecular weight is 370 g/mol. The summed E-state index contributed by atoms with van der Waals surface area (Å²) in [5.41, 5.74) is -0.771. The van der Waals surface area contributed by atoms with Gasteiger partial charge in [0.2, 0.25) is 5.95 Å². The Hall–Kier alpha value is -2.65. The minimum absolute atomic E-state index is 0.0250. The van der Waals surface area contributed by atoms with Crippen LogP contribution in [0.3, 0.4) is 0 Å². The summed E-state index contributed by atoms with van der Waals surface area (Å²) in [6.07, 6.45) is -0.802. The van der Waals surface area contributed by atoms with Crippen LogP contribution in [0.1, 0.15) is 18.4 Å². The molecule has 3 heterocycles. The zero-order valence-corrected chi connectivity index (χ0v) is 14.0. The van der Waals surface area contributed by atoms with Gasteiger partial charge in [0.25, 0.3) is 0 Å². The van der Waals surface area contributed by atoms with Gasteiger partial charge in [-0.05, 0) is 25.0 Å². The highest BCUT2D eigenvalue weighted by molar-refractivity contribution is 5.43. The largest absolute Gasteiger partial charge is 0.417 e. The molecule has 10 heteroatoms. The summed E-state index contributed by atoms with van der Waals surface area (Å²) in [7, 11) is 1.56. The van der Waals surface area contributed by atoms with E-state index in [0.29, 0.717) is 24.9 Å². The molecule has 3 rings (SSSR count). The first-order valence-corrected chi connectivity index (χ1v) is 8.12. The molecular weight excluding hydrogens is 352 g/mol. The minimum atomic E-state index is -4.40. The predicted octanol–water partition coefficient (Wildman–Crippen LogP) is 3.15. The summed E-state index contributed by atoms with van der Waals surface area (Å²) in [5, 5.41) is 5.79. The molecule has 1 aliphatic rings. The van der Waals surface area contributed by atoms with E-state index in [2.05, 4.69) is 25.6 Å². The first-order valence-electron chi connectivity index (χ1n) is 8.12. The Balaban J connectivity index is 1.67. The summed E-state index contributed by atoms with van der Waals surface area (Å²) in [4.78, 5) is 13.8. The van der Waals surface area contributed by atoms with Gasteiger partial charge < -0.3 is 15.5 Å². The number of piperidine rings is 1. The normalized spacial score (nSPS) is 17.9. The van der Waals surface area contributed by atoms with Gasteiger partial charge in [0, 0.05) is 32.4 Å². The smallest absolute Gasteiger partial charge is 0.371 e. The van der Waals surface area contributed by atoms with Gasteiger partial charge in [-0.3, -0.25) is 0 Å². The van der Waals surface area contributed by atoms with E-state index in [1.54, 1.807) is 7.05 Å². The SMILES string of the molecule is CNc1nc(NC2CCCN(c3ccc(C(F)(F)F)cn3)C2)ncc1F. The van der Waals surface area contributed by atoms with E-state index < -0.39 is 17.6 Å². The molecule has 0 spiro atoms. The molecule has 140 valence electrons. The molecule has 1 fully saturated rings. The molecule has 0 radical (unpaired) electrons. The maximum atomic E-state index is 13.4. The monoisotopic (exact) mass is 370 g/mol. The first-order chi connectivity index (χ1) is 12.4. The van der Waals surface area contributed by atoms with Crippen LogP contribution in [0.15, 0.2) is 24.5 Å². The number of anilines is 3. The molecule has 6 nitrogen and oxygen atoms in total. The number of pyridine rings is 1. The molecule has 1 unspecified atom stereocenters. The summed E-state index contributed by atoms with van der Waals surface area (Å²) in [5.74, 6) is 0.334. The highest BCUT2D eigenvalue weighted by atomic mass is 19.4. The number of alkyl halides is 3. The van der Waals surface area contributed by atoms with Crippen molar-refractivity contribution in [3.05, 3.63) is 35.9 Å². The maximum absolute atomic E-state index is 13.4. The van der Waals surface area contributed by atoms with Crippen molar-refractivity contribution in [3.63, 3.8) is 0 Å². The second kappa shape index (κ2) is 7.30. The average Bonchev–Trinajstić information content (AvgIpc) is 2.63. The van der Waals surface area contributed by atoms with Gasteiger partial charge in [-0.2, -0.15) is 18.2 Å². The molecule has 0 aromatic carbocycles. The minimum Gasteiger partial charge on any atom is -0.371 e. The van der Waals surface area contributed by atoms with Crippen molar-refractivity contribution in [1.29, 1.82) is 0 Å². The number of hydrogen-bond donors (Lipinski definition) is 2. The van der Waals surface area contributed by atoms with E-state index >= 15 is 0 Å². The Labute approximate surface area is 147 Å². The maximum Gasteiger partial charge on any atom is 0.417 e. The van der Waals surface area contributed by atoms with Gasteiger partial charge in [-0.25, -0.2) is 14.4 Å². The van der Waals surface area contributed by atoms with Crippen molar-refractivity contribution in [2.45, 2.75) is 25.1 Å². The molecule has 0 bridgehead atoms. The van der Waals surface area contributed by atoms with E-state index in [4.69, 9.17) is 0 Å². The topological polar surface area (TPSA) is 66.0 Å². The molecule has 1 aliphatic heterocycles. The van der Waals surface area contributed by atoms with Crippen LogP contribution in [-0.2, 0) is 6.18 Å². The van der Waals surface area contributed by atoms with Gasteiger partial charge >= 0.3 is 6.18 Å².